The summed E-state index contributed by atoms with van der Waals surface area (Å²) in [6.45, 7) is 8.66. The first kappa shape index (κ1) is 44.8. The van der Waals surface area contributed by atoms with E-state index in [0.29, 0.717) is 54.3 Å². The Morgan fingerprint density at radius 2 is 1.75 bits per heavy atom. The minimum atomic E-state index is -4.25. The number of para-hydroxylation sites is 1. The molecule has 1 aromatic heterocycles. The molecule has 0 saturated heterocycles. The number of oxime groups is 1. The van der Waals surface area contributed by atoms with Crippen molar-refractivity contribution in [3.8, 4) is 17.2 Å². The maximum atomic E-state index is 15.4. The quantitative estimate of drug-likeness (QED) is 0.0360. The Kier molecular flexibility index (Phi) is 14.9. The number of hydrogen-bond acceptors (Lipinski definition) is 11. The first-order valence-corrected chi connectivity index (χ1v) is 24.3. The second kappa shape index (κ2) is 20.3. The average Bonchev–Trinajstić information content (AvgIpc) is 3.28. The molecular weight excluding hydrogens is 811 g/mol. The SMILES string of the molecule is C=CCO[C@@]12Oc3ccc(Oc4ccc(SC)cc4)cc3[C@H]3[C@H](CCCCO)[C@@H](CCCCO)C=C(C(=NOCC)C[C@@H]1N(CCC)S(=O)(=O)c1cccc4cccnc14)[C@H]32. The fourth-order valence-corrected chi connectivity index (χ4v) is 12.0. The van der Waals surface area contributed by atoms with Gasteiger partial charge in [0.05, 0.1) is 29.8 Å². The van der Waals surface area contributed by atoms with Gasteiger partial charge in [0.1, 0.15) is 28.8 Å². The Bertz CT molecular complexity index is 2300. The lowest BCUT2D eigenvalue weighted by molar-refractivity contribution is -0.251. The molecule has 2 aliphatic carbocycles. The molecule has 6 atom stereocenters. The minimum Gasteiger partial charge on any atom is -0.460 e. The fourth-order valence-electron chi connectivity index (χ4n) is 9.68. The molecule has 0 radical (unpaired) electrons. The highest BCUT2D eigenvalue weighted by Gasteiger charge is 2.66. The summed E-state index contributed by atoms with van der Waals surface area (Å²) in [4.78, 5) is 11.7. The standard InChI is InChI=1S/C48H59N3O8S2/c1-5-26-51(61(54,55)43-18-12-15-33-16-13-25-49-47(33)43)44-32-41(50-57-7-3)39-30-34(14-8-10-27-52)38(17-9-11-28-53)45-40-31-36(58-35-19-22-37(60-4)23-20-35)21-24-42(40)59-48(44,46(39)45)56-29-6-2/h6,12-13,15-16,18-25,30-31,34,38,44-46,52-53H,2,5,7-11,14,17,26-29,32H2,1,3-4H3/t34-,38+,44-,45+,46+,48+/m0/s1. The van der Waals surface area contributed by atoms with E-state index < -0.39 is 27.8 Å². The topological polar surface area (TPSA) is 140 Å². The molecule has 3 aliphatic rings. The summed E-state index contributed by atoms with van der Waals surface area (Å²) < 4.78 is 53.4. The molecule has 1 aliphatic heterocycles. The van der Waals surface area contributed by atoms with Crippen LogP contribution in [0.15, 0.2) is 118 Å². The van der Waals surface area contributed by atoms with Gasteiger partial charge in [-0.3, -0.25) is 4.98 Å². The van der Waals surface area contributed by atoms with E-state index in [-0.39, 0.29) is 55.4 Å². The number of aliphatic hydroxyl groups excluding tert-OH is 2. The molecular formula is C48H59N3O8S2. The summed E-state index contributed by atoms with van der Waals surface area (Å²) in [5.41, 5.74) is 2.90. The van der Waals surface area contributed by atoms with E-state index in [1.54, 1.807) is 46.5 Å². The summed E-state index contributed by atoms with van der Waals surface area (Å²) in [6.07, 6.45) is 12.8. The number of ether oxygens (including phenoxy) is 3. The average molecular weight is 870 g/mol. The van der Waals surface area contributed by atoms with E-state index in [1.807, 2.05) is 68.6 Å². The van der Waals surface area contributed by atoms with Crippen LogP contribution in [0.4, 0.5) is 0 Å². The van der Waals surface area contributed by atoms with Crippen LogP contribution in [-0.2, 0) is 19.6 Å². The maximum Gasteiger partial charge on any atom is 0.245 e. The number of pyridine rings is 1. The zero-order valence-corrected chi connectivity index (χ0v) is 37.1. The van der Waals surface area contributed by atoms with Gasteiger partial charge in [0.2, 0.25) is 15.8 Å². The van der Waals surface area contributed by atoms with E-state index in [9.17, 15) is 10.2 Å². The van der Waals surface area contributed by atoms with Crippen LogP contribution in [0.5, 0.6) is 17.2 Å². The molecule has 7 rings (SSSR count). The summed E-state index contributed by atoms with van der Waals surface area (Å²) in [5.74, 6) is -0.301. The van der Waals surface area contributed by atoms with Crippen LogP contribution in [0, 0.1) is 17.8 Å². The van der Waals surface area contributed by atoms with E-state index in [1.165, 1.54) is 0 Å². The number of nitrogens with zero attached hydrogens (tertiary/aromatic N) is 3. The lowest BCUT2D eigenvalue weighted by Gasteiger charge is -2.59. The molecule has 11 nitrogen and oxygen atoms in total. The van der Waals surface area contributed by atoms with Gasteiger partial charge in [-0.05, 0) is 117 Å². The van der Waals surface area contributed by atoms with E-state index in [0.717, 1.165) is 47.1 Å². The molecule has 61 heavy (non-hydrogen) atoms. The summed E-state index contributed by atoms with van der Waals surface area (Å²) in [5, 5.41) is 25.4. The van der Waals surface area contributed by atoms with Gasteiger partial charge in [-0.1, -0.05) is 55.3 Å². The number of aliphatic hydroxyl groups is 2. The summed E-state index contributed by atoms with van der Waals surface area (Å²) in [6, 6.07) is 21.9. The van der Waals surface area contributed by atoms with Crippen molar-refractivity contribution in [1.29, 1.82) is 0 Å². The first-order chi connectivity index (χ1) is 29.7. The molecule has 1 saturated carbocycles. The minimum absolute atomic E-state index is 0.0232. The third kappa shape index (κ3) is 9.14. The number of benzene rings is 3. The van der Waals surface area contributed by atoms with Crippen LogP contribution in [-0.4, -0.2) is 84.7 Å². The predicted molar refractivity (Wildman–Crippen MR) is 241 cm³/mol. The van der Waals surface area contributed by atoms with Gasteiger partial charge in [0.15, 0.2) is 0 Å². The van der Waals surface area contributed by atoms with Gasteiger partial charge in [-0.25, -0.2) is 8.42 Å². The van der Waals surface area contributed by atoms with Gasteiger partial charge in [-0.15, -0.1) is 18.3 Å². The Morgan fingerprint density at radius 1 is 1.00 bits per heavy atom. The number of allylic oxidation sites excluding steroid dienone is 1. The lowest BCUT2D eigenvalue weighted by atomic mass is 9.55. The molecule has 2 N–H and O–H groups in total. The third-order valence-corrected chi connectivity index (χ3v) is 14.9. The smallest absolute Gasteiger partial charge is 0.245 e. The van der Waals surface area contributed by atoms with E-state index in [4.69, 9.17) is 24.2 Å². The van der Waals surface area contributed by atoms with Crippen LogP contribution in [0.25, 0.3) is 10.9 Å². The van der Waals surface area contributed by atoms with Crippen molar-refractivity contribution < 1.29 is 37.7 Å². The van der Waals surface area contributed by atoms with Gasteiger partial charge in [0, 0.05) is 54.1 Å². The normalized spacial score (nSPS) is 23.9. The Balaban J connectivity index is 1.47. The highest BCUT2D eigenvalue weighted by Crippen LogP contribution is 2.62. The van der Waals surface area contributed by atoms with Crippen LogP contribution in [0.3, 0.4) is 0 Å². The molecule has 13 heteroatoms. The van der Waals surface area contributed by atoms with Crippen molar-refractivity contribution >= 4 is 38.4 Å². The number of sulfonamides is 1. The second-order valence-corrected chi connectivity index (χ2v) is 18.7. The van der Waals surface area contributed by atoms with Crippen molar-refractivity contribution in [2.75, 3.05) is 39.2 Å². The highest BCUT2D eigenvalue weighted by atomic mass is 32.2. The molecule has 326 valence electrons. The monoisotopic (exact) mass is 869 g/mol. The van der Waals surface area contributed by atoms with Gasteiger partial charge in [-0.2, -0.15) is 4.31 Å². The zero-order valence-electron chi connectivity index (χ0n) is 35.4. The van der Waals surface area contributed by atoms with Crippen LogP contribution < -0.4 is 9.47 Å². The third-order valence-electron chi connectivity index (χ3n) is 12.2. The second-order valence-electron chi connectivity index (χ2n) is 15.9. The molecule has 0 unspecified atom stereocenters. The van der Waals surface area contributed by atoms with Gasteiger partial charge >= 0.3 is 0 Å². The van der Waals surface area contributed by atoms with Gasteiger partial charge in [0.25, 0.3) is 0 Å². The van der Waals surface area contributed by atoms with Crippen molar-refractivity contribution in [3.63, 3.8) is 0 Å². The number of hydrogen-bond donors (Lipinski definition) is 2. The van der Waals surface area contributed by atoms with Crippen LogP contribution >= 0.6 is 11.8 Å². The van der Waals surface area contributed by atoms with Gasteiger partial charge < -0.3 is 29.3 Å². The van der Waals surface area contributed by atoms with E-state index >= 15 is 8.42 Å². The highest BCUT2D eigenvalue weighted by molar-refractivity contribution is 7.98. The number of aromatic nitrogens is 1. The lowest BCUT2D eigenvalue weighted by Crippen LogP contribution is -2.70. The fraction of sp³-hybridized carbons (Fsp3) is 0.458. The van der Waals surface area contributed by atoms with Crippen molar-refractivity contribution in [3.05, 3.63) is 109 Å². The Morgan fingerprint density at radius 3 is 2.48 bits per heavy atom. The van der Waals surface area contributed by atoms with Crippen molar-refractivity contribution in [1.82, 2.24) is 9.29 Å². The van der Waals surface area contributed by atoms with Crippen LogP contribution in [0.1, 0.15) is 76.7 Å². The summed E-state index contributed by atoms with van der Waals surface area (Å²) in [7, 11) is -4.25. The molecule has 0 amide bonds. The largest absolute Gasteiger partial charge is 0.460 e. The Hall–Kier alpha value is -4.24. The van der Waals surface area contributed by atoms with E-state index in [2.05, 4.69) is 23.7 Å². The zero-order chi connectivity index (χ0) is 43.0. The number of fused-ring (bicyclic) bond motifs is 3. The number of thioether (sulfide) groups is 1. The first-order valence-electron chi connectivity index (χ1n) is 21.6. The molecule has 0 bridgehead atoms. The predicted octanol–water partition coefficient (Wildman–Crippen LogP) is 9.50. The number of unbranched alkanes of at least 4 members (excludes halogenated alkanes) is 2. The molecule has 3 aromatic carbocycles. The maximum absolute atomic E-state index is 15.4. The van der Waals surface area contributed by atoms with Crippen LogP contribution in [0.2, 0.25) is 0 Å². The molecule has 4 aromatic rings. The van der Waals surface area contributed by atoms with Crippen molar-refractivity contribution in [2.24, 2.45) is 22.9 Å². The summed E-state index contributed by atoms with van der Waals surface area (Å²) >= 11 is 1.67. The number of rotatable bonds is 21. The molecule has 0 spiro atoms. The Labute approximate surface area is 364 Å². The molecule has 1 fully saturated rings. The molecule has 2 heterocycles. The van der Waals surface area contributed by atoms with Crippen molar-refractivity contribution in [2.45, 2.75) is 92.8 Å².